The number of anilines is 1. The van der Waals surface area contributed by atoms with Crippen molar-refractivity contribution in [3.8, 4) is 17.2 Å². The van der Waals surface area contributed by atoms with Gasteiger partial charge in [-0.3, -0.25) is 19.2 Å². The molecule has 3 aromatic rings. The number of fused-ring (bicyclic) bond motifs is 2. The van der Waals surface area contributed by atoms with Gasteiger partial charge >= 0.3 is 5.97 Å². The van der Waals surface area contributed by atoms with Crippen LogP contribution in [0.3, 0.4) is 0 Å². The summed E-state index contributed by atoms with van der Waals surface area (Å²) in [6.45, 7) is -0.420. The summed E-state index contributed by atoms with van der Waals surface area (Å²) in [5, 5.41) is 31.7. The van der Waals surface area contributed by atoms with E-state index in [4.69, 9.17) is 9.84 Å². The fourth-order valence-electron chi connectivity index (χ4n) is 4.19. The number of hydrogen-bond acceptors (Lipinski definition) is 8. The Kier molecular flexibility index (Phi) is 5.40. The van der Waals surface area contributed by atoms with Crippen LogP contribution in [0.1, 0.15) is 36.6 Å². The molecule has 4 N–H and O–H groups in total. The lowest BCUT2D eigenvalue weighted by Crippen LogP contribution is -2.34. The Balaban J connectivity index is 1.62. The lowest BCUT2D eigenvalue weighted by atomic mass is 9.89. The van der Waals surface area contributed by atoms with Crippen LogP contribution in [0.5, 0.6) is 17.2 Å². The van der Waals surface area contributed by atoms with E-state index in [1.165, 1.54) is 17.0 Å². The van der Waals surface area contributed by atoms with Gasteiger partial charge in [-0.25, -0.2) is 0 Å². The number of aromatic hydroxyl groups is 2. The number of carbonyl (C=O) groups excluding carboxylic acids is 3. The fraction of sp³-hybridized carbons (Fsp3) is 0.0769. The van der Waals surface area contributed by atoms with Gasteiger partial charge in [0.1, 0.15) is 29.5 Å². The third kappa shape index (κ3) is 3.70. The first-order valence-electron chi connectivity index (χ1n) is 10.8. The Morgan fingerprint density at radius 2 is 1.53 bits per heavy atom. The normalized spacial score (nSPS) is 14.3. The number of nitrogens with zero attached hydrogens (tertiary/aromatic N) is 1. The number of ether oxygens (including phenoxy) is 1. The van der Waals surface area contributed by atoms with E-state index in [0.29, 0.717) is 17.0 Å². The number of hydrogen-bond donors (Lipinski definition) is 4. The fourth-order valence-corrected chi connectivity index (χ4v) is 4.19. The molecule has 3 aromatic carbocycles. The van der Waals surface area contributed by atoms with Gasteiger partial charge in [0, 0.05) is 16.8 Å². The smallest absolute Gasteiger partial charge is 0.322 e. The quantitative estimate of drug-likeness (QED) is 0.408. The number of allylic oxidation sites excluding steroid dienone is 2. The first kappa shape index (κ1) is 22.7. The molecule has 0 bridgehead atoms. The molecule has 0 atom stereocenters. The second-order valence-electron chi connectivity index (χ2n) is 8.11. The summed E-state index contributed by atoms with van der Waals surface area (Å²) < 4.78 is 5.92. The minimum absolute atomic E-state index is 0.119. The molecule has 5 rings (SSSR count). The third-order valence-electron chi connectivity index (χ3n) is 5.88. The van der Waals surface area contributed by atoms with Gasteiger partial charge in [0.15, 0.2) is 0 Å². The first-order chi connectivity index (χ1) is 17.3. The maximum atomic E-state index is 13.7. The van der Waals surface area contributed by atoms with Crippen molar-refractivity contribution in [2.45, 2.75) is 6.54 Å². The van der Waals surface area contributed by atoms with Crippen LogP contribution in [0.15, 0.2) is 72.1 Å². The summed E-state index contributed by atoms with van der Waals surface area (Å²) in [4.78, 5) is 51.6. The summed E-state index contributed by atoms with van der Waals surface area (Å²) in [7, 11) is 0. The van der Waals surface area contributed by atoms with E-state index in [1.807, 2.05) is 0 Å². The number of phenols is 2. The highest BCUT2D eigenvalue weighted by atomic mass is 16.5. The average molecular weight is 486 g/mol. The Hall–Kier alpha value is -5.12. The van der Waals surface area contributed by atoms with E-state index in [2.05, 4.69) is 5.32 Å². The molecule has 1 aliphatic heterocycles. The van der Waals surface area contributed by atoms with Gasteiger partial charge in [-0.15, -0.1) is 0 Å². The molecule has 0 fully saturated rings. The number of para-hydroxylation sites is 1. The molecule has 0 saturated carbocycles. The largest absolute Gasteiger partial charge is 0.507 e. The van der Waals surface area contributed by atoms with Gasteiger partial charge in [-0.2, -0.15) is 0 Å². The molecule has 180 valence electrons. The van der Waals surface area contributed by atoms with Crippen LogP contribution in [0, 0.1) is 0 Å². The lowest BCUT2D eigenvalue weighted by molar-refractivity contribution is -0.135. The molecule has 0 spiro atoms. The number of carboxylic acids is 1. The molecule has 1 aliphatic carbocycles. The van der Waals surface area contributed by atoms with E-state index >= 15 is 0 Å². The number of nitrogens with one attached hydrogen (secondary N) is 1. The number of phenolic OH excluding ortho intramolecular Hbond substituents is 2. The van der Waals surface area contributed by atoms with Crippen molar-refractivity contribution in [3.05, 3.63) is 94.4 Å². The summed E-state index contributed by atoms with van der Waals surface area (Å²) in [5.41, 5.74) is 0.480. The highest BCUT2D eigenvalue weighted by Gasteiger charge is 2.42. The van der Waals surface area contributed by atoms with Crippen LogP contribution in [0.4, 0.5) is 5.69 Å². The van der Waals surface area contributed by atoms with Gasteiger partial charge in [0.05, 0.1) is 17.7 Å². The molecule has 0 aromatic heterocycles. The molecular formula is C26H18N2O8. The van der Waals surface area contributed by atoms with Crippen LogP contribution < -0.4 is 15.0 Å². The van der Waals surface area contributed by atoms with Gasteiger partial charge < -0.3 is 30.3 Å². The predicted molar refractivity (Wildman–Crippen MR) is 125 cm³/mol. The van der Waals surface area contributed by atoms with Crippen molar-refractivity contribution >= 4 is 29.1 Å². The Labute approximate surface area is 203 Å². The molecule has 36 heavy (non-hydrogen) atoms. The van der Waals surface area contributed by atoms with Crippen LogP contribution in [-0.2, 0) is 11.3 Å². The molecule has 10 nitrogen and oxygen atoms in total. The number of carboxylic acid groups (broad SMARTS) is 1. The minimum atomic E-state index is -1.18. The zero-order valence-corrected chi connectivity index (χ0v) is 18.5. The number of carbonyl (C=O) groups is 4. The van der Waals surface area contributed by atoms with E-state index in [1.54, 1.807) is 36.4 Å². The molecule has 0 unspecified atom stereocenters. The van der Waals surface area contributed by atoms with Crippen molar-refractivity contribution in [2.24, 2.45) is 0 Å². The lowest BCUT2D eigenvalue weighted by Gasteiger charge is -2.29. The zero-order chi connectivity index (χ0) is 25.6. The summed E-state index contributed by atoms with van der Waals surface area (Å²) in [6, 6.07) is 15.2. The third-order valence-corrected chi connectivity index (χ3v) is 5.88. The molecular weight excluding hydrogens is 468 g/mol. The van der Waals surface area contributed by atoms with Gasteiger partial charge in [0.2, 0.25) is 17.3 Å². The number of aliphatic carboxylic acids is 1. The average Bonchev–Trinajstić information content (AvgIpc) is 3.05. The van der Waals surface area contributed by atoms with Crippen molar-refractivity contribution in [3.63, 3.8) is 0 Å². The maximum Gasteiger partial charge on any atom is 0.322 e. The van der Waals surface area contributed by atoms with Gasteiger partial charge in [0.25, 0.3) is 5.91 Å². The number of ketones is 2. The molecule has 0 radical (unpaired) electrons. The number of Topliss-reactive ketones (excluding diaryl/α,β-unsaturated/α-hetero) is 2. The summed E-state index contributed by atoms with van der Waals surface area (Å²) in [5.74, 6) is -4.13. The van der Waals surface area contributed by atoms with Crippen molar-refractivity contribution in [1.82, 2.24) is 5.32 Å². The standard InChI is InChI=1S/C26H18N2O8/c29-16-9-10-17(30)21-20(16)23(33)22-25(24(21)34)36-18-4-2-1-3-14(18)12-28(22)15-7-5-13(6-8-15)26(35)27-11-19(31)32/h1-10,29-30H,11-12H2,(H,27,35)(H,31,32). The number of amides is 1. The highest BCUT2D eigenvalue weighted by molar-refractivity contribution is 6.29. The Morgan fingerprint density at radius 1 is 0.889 bits per heavy atom. The Bertz CT molecular complexity index is 1490. The molecule has 10 heteroatoms. The van der Waals surface area contributed by atoms with Crippen LogP contribution in [0.2, 0.25) is 0 Å². The van der Waals surface area contributed by atoms with Gasteiger partial charge in [-0.05, 0) is 42.5 Å². The number of rotatable bonds is 4. The monoisotopic (exact) mass is 486 g/mol. The molecule has 0 saturated heterocycles. The van der Waals surface area contributed by atoms with E-state index in [-0.39, 0.29) is 34.7 Å². The molecule has 1 amide bonds. The highest BCUT2D eigenvalue weighted by Crippen LogP contribution is 2.42. The molecule has 1 heterocycles. The minimum Gasteiger partial charge on any atom is -0.507 e. The second kappa shape index (κ2) is 8.58. The summed E-state index contributed by atoms with van der Waals surface area (Å²) in [6.07, 6.45) is 0. The topological polar surface area (TPSA) is 153 Å². The van der Waals surface area contributed by atoms with Crippen molar-refractivity contribution in [2.75, 3.05) is 11.4 Å². The zero-order valence-electron chi connectivity index (χ0n) is 18.5. The van der Waals surface area contributed by atoms with E-state index < -0.39 is 41.5 Å². The van der Waals surface area contributed by atoms with Crippen molar-refractivity contribution in [1.29, 1.82) is 0 Å². The summed E-state index contributed by atoms with van der Waals surface area (Å²) >= 11 is 0. The van der Waals surface area contributed by atoms with Crippen molar-refractivity contribution < 1.29 is 39.2 Å². The first-order valence-corrected chi connectivity index (χ1v) is 10.8. The van der Waals surface area contributed by atoms with Crippen LogP contribution in [-0.4, -0.2) is 45.3 Å². The molecule has 2 aliphatic rings. The van der Waals surface area contributed by atoms with Crippen LogP contribution >= 0.6 is 0 Å². The predicted octanol–water partition coefficient (Wildman–Crippen LogP) is 2.60. The van der Waals surface area contributed by atoms with E-state index in [0.717, 1.165) is 12.1 Å². The van der Waals surface area contributed by atoms with Crippen LogP contribution in [0.25, 0.3) is 0 Å². The van der Waals surface area contributed by atoms with Gasteiger partial charge in [-0.1, -0.05) is 18.2 Å². The Morgan fingerprint density at radius 3 is 2.19 bits per heavy atom. The number of benzene rings is 3. The van der Waals surface area contributed by atoms with E-state index in [9.17, 15) is 29.4 Å². The maximum absolute atomic E-state index is 13.7. The SMILES string of the molecule is O=C(O)CNC(=O)c1ccc(N2Cc3ccccc3OC3=C2C(=O)c2c(O)ccc(O)c2C3=O)cc1. The second-order valence-corrected chi connectivity index (χ2v) is 8.11.